The number of methoxy groups -OCH3 is 1. The van der Waals surface area contributed by atoms with Gasteiger partial charge in [0.05, 0.1) is 12.0 Å². The van der Waals surface area contributed by atoms with Crippen molar-refractivity contribution in [3.05, 3.63) is 28.8 Å². The molecule has 0 unspecified atom stereocenters. The summed E-state index contributed by atoms with van der Waals surface area (Å²) in [4.78, 5) is 11.2. The summed E-state index contributed by atoms with van der Waals surface area (Å²) in [5, 5.41) is 3.49. The lowest BCUT2D eigenvalue weighted by Crippen LogP contribution is -2.18. The fraction of sp³-hybridized carbons (Fsp3) is 0.462. The number of hydrogen-bond acceptors (Lipinski definition) is 5. The molecule has 20 heavy (non-hydrogen) atoms. The Morgan fingerprint density at radius 1 is 1.40 bits per heavy atom. The van der Waals surface area contributed by atoms with E-state index in [1.54, 1.807) is 12.1 Å². The van der Waals surface area contributed by atoms with Crippen LogP contribution in [-0.4, -0.2) is 34.3 Å². The van der Waals surface area contributed by atoms with Gasteiger partial charge in [0.2, 0.25) is 0 Å². The van der Waals surface area contributed by atoms with Gasteiger partial charge in [-0.15, -0.1) is 0 Å². The number of rotatable bonds is 7. The number of carbonyl (C=O) groups excluding carboxylic acids is 1. The Hall–Kier alpha value is -1.11. The van der Waals surface area contributed by atoms with Gasteiger partial charge in [-0.25, -0.2) is 8.42 Å². The van der Waals surface area contributed by atoms with Crippen LogP contribution in [0.15, 0.2) is 23.1 Å². The third kappa shape index (κ3) is 5.11. The molecule has 7 heteroatoms. The summed E-state index contributed by atoms with van der Waals surface area (Å²) >= 11 is 6.04. The quantitative estimate of drug-likeness (QED) is 0.612. The highest BCUT2D eigenvalue weighted by Crippen LogP contribution is 2.23. The number of hydrogen-bond donors (Lipinski definition) is 1. The van der Waals surface area contributed by atoms with Gasteiger partial charge in [0.15, 0.2) is 9.84 Å². The van der Waals surface area contributed by atoms with E-state index in [1.165, 1.54) is 13.2 Å². The van der Waals surface area contributed by atoms with Crippen molar-refractivity contribution in [2.75, 3.05) is 19.9 Å². The van der Waals surface area contributed by atoms with Crippen LogP contribution in [0.1, 0.15) is 18.4 Å². The molecule has 1 N–H and O–H groups in total. The first kappa shape index (κ1) is 16.9. The number of carbonyl (C=O) groups is 1. The van der Waals surface area contributed by atoms with Gasteiger partial charge in [0.25, 0.3) is 0 Å². The molecule has 5 nitrogen and oxygen atoms in total. The number of halogens is 1. The maximum absolute atomic E-state index is 11.7. The molecule has 1 aromatic rings. The van der Waals surface area contributed by atoms with E-state index < -0.39 is 9.84 Å². The Morgan fingerprint density at radius 2 is 2.10 bits per heavy atom. The Morgan fingerprint density at radius 3 is 2.70 bits per heavy atom. The third-order valence-electron chi connectivity index (χ3n) is 2.74. The maximum atomic E-state index is 11.7. The van der Waals surface area contributed by atoms with E-state index in [0.29, 0.717) is 36.5 Å². The van der Waals surface area contributed by atoms with Crippen molar-refractivity contribution < 1.29 is 17.9 Å². The van der Waals surface area contributed by atoms with Crippen molar-refractivity contribution in [3.63, 3.8) is 0 Å². The zero-order valence-electron chi connectivity index (χ0n) is 11.5. The monoisotopic (exact) mass is 319 g/mol. The minimum atomic E-state index is -3.31. The summed E-state index contributed by atoms with van der Waals surface area (Å²) in [5.74, 6) is -0.263. The van der Waals surface area contributed by atoms with Gasteiger partial charge in [-0.05, 0) is 25.1 Å². The molecule has 0 amide bonds. The van der Waals surface area contributed by atoms with Crippen LogP contribution in [0.5, 0.6) is 0 Å². The standard InChI is InChI=1S/C13H18ClNO4S/c1-19-13(16)7-4-8-15-9-10-11(14)5-3-6-12(10)20(2,17)18/h3,5-6,15H,4,7-9H2,1-2H3. The lowest BCUT2D eigenvalue weighted by atomic mass is 10.2. The van der Waals surface area contributed by atoms with Crippen molar-refractivity contribution >= 4 is 27.4 Å². The van der Waals surface area contributed by atoms with Gasteiger partial charge in [0, 0.05) is 29.8 Å². The molecule has 0 fully saturated rings. The summed E-state index contributed by atoms with van der Waals surface area (Å²) in [6.07, 6.45) is 2.09. The molecule has 0 aromatic heterocycles. The first-order valence-electron chi connectivity index (χ1n) is 6.11. The second-order valence-electron chi connectivity index (χ2n) is 4.35. The largest absolute Gasteiger partial charge is 0.469 e. The summed E-state index contributed by atoms with van der Waals surface area (Å²) in [7, 11) is -1.97. The molecule has 1 rings (SSSR count). The minimum Gasteiger partial charge on any atom is -0.469 e. The fourth-order valence-corrected chi connectivity index (χ4v) is 2.98. The molecule has 1 aromatic carbocycles. The van der Waals surface area contributed by atoms with Crippen LogP contribution in [-0.2, 0) is 25.9 Å². The molecule has 0 bridgehead atoms. The van der Waals surface area contributed by atoms with E-state index >= 15 is 0 Å². The van der Waals surface area contributed by atoms with Crippen LogP contribution < -0.4 is 5.32 Å². The van der Waals surface area contributed by atoms with E-state index in [1.807, 2.05) is 0 Å². The first-order valence-corrected chi connectivity index (χ1v) is 8.38. The second-order valence-corrected chi connectivity index (χ2v) is 6.74. The van der Waals surface area contributed by atoms with Crippen LogP contribution in [0.4, 0.5) is 0 Å². The summed E-state index contributed by atoms with van der Waals surface area (Å²) < 4.78 is 27.9. The lowest BCUT2D eigenvalue weighted by molar-refractivity contribution is -0.140. The van der Waals surface area contributed by atoms with Crippen LogP contribution >= 0.6 is 11.6 Å². The molecular weight excluding hydrogens is 302 g/mol. The van der Waals surface area contributed by atoms with Crippen molar-refractivity contribution in [2.45, 2.75) is 24.3 Å². The van der Waals surface area contributed by atoms with Crippen LogP contribution in [0.3, 0.4) is 0 Å². The van der Waals surface area contributed by atoms with Gasteiger partial charge in [0.1, 0.15) is 0 Å². The Balaban J connectivity index is 2.62. The Bertz CT molecular complexity index is 572. The van der Waals surface area contributed by atoms with Gasteiger partial charge >= 0.3 is 5.97 Å². The molecular formula is C13H18ClNO4S. The molecule has 0 aliphatic carbocycles. The van der Waals surface area contributed by atoms with Gasteiger partial charge in [-0.2, -0.15) is 0 Å². The molecule has 0 atom stereocenters. The predicted octanol–water partition coefficient (Wildman–Crippen LogP) is 1.79. The number of benzene rings is 1. The van der Waals surface area contributed by atoms with Crippen LogP contribution in [0.2, 0.25) is 5.02 Å². The molecule has 0 heterocycles. The van der Waals surface area contributed by atoms with Crippen molar-refractivity contribution in [3.8, 4) is 0 Å². The number of sulfone groups is 1. The highest BCUT2D eigenvalue weighted by atomic mass is 35.5. The van der Waals surface area contributed by atoms with Crippen molar-refractivity contribution in [1.29, 1.82) is 0 Å². The van der Waals surface area contributed by atoms with Crippen LogP contribution in [0, 0.1) is 0 Å². The zero-order valence-corrected chi connectivity index (χ0v) is 13.1. The third-order valence-corrected chi connectivity index (χ3v) is 4.27. The minimum absolute atomic E-state index is 0.227. The molecule has 0 saturated heterocycles. The first-order chi connectivity index (χ1) is 9.36. The van der Waals surface area contributed by atoms with Gasteiger partial charge in [-0.3, -0.25) is 4.79 Å². The van der Waals surface area contributed by atoms with E-state index in [0.717, 1.165) is 6.26 Å². The number of nitrogens with one attached hydrogen (secondary N) is 1. The highest BCUT2D eigenvalue weighted by Gasteiger charge is 2.15. The van der Waals surface area contributed by atoms with E-state index in [4.69, 9.17) is 11.6 Å². The molecule has 0 saturated carbocycles. The van der Waals surface area contributed by atoms with E-state index in [9.17, 15) is 13.2 Å². The molecule has 0 spiro atoms. The lowest BCUT2D eigenvalue weighted by Gasteiger charge is -2.11. The van der Waals surface area contributed by atoms with Crippen molar-refractivity contribution in [1.82, 2.24) is 5.32 Å². The van der Waals surface area contributed by atoms with E-state index in [-0.39, 0.29) is 10.9 Å². The SMILES string of the molecule is COC(=O)CCCNCc1c(Cl)cccc1S(C)(=O)=O. The molecule has 0 aliphatic rings. The van der Waals surface area contributed by atoms with Crippen LogP contribution in [0.25, 0.3) is 0 Å². The molecule has 112 valence electrons. The number of esters is 1. The average molecular weight is 320 g/mol. The second kappa shape index (κ2) is 7.61. The zero-order chi connectivity index (χ0) is 15.2. The van der Waals surface area contributed by atoms with Crippen molar-refractivity contribution in [2.24, 2.45) is 0 Å². The molecule has 0 aliphatic heterocycles. The summed E-state index contributed by atoms with van der Waals surface area (Å²) in [5.41, 5.74) is 0.551. The topological polar surface area (TPSA) is 72.5 Å². The summed E-state index contributed by atoms with van der Waals surface area (Å²) in [6.45, 7) is 0.909. The molecule has 0 radical (unpaired) electrons. The maximum Gasteiger partial charge on any atom is 0.305 e. The summed E-state index contributed by atoms with van der Waals surface area (Å²) in [6, 6.07) is 4.80. The normalized spacial score (nSPS) is 11.3. The average Bonchev–Trinajstić information content (AvgIpc) is 2.38. The highest BCUT2D eigenvalue weighted by molar-refractivity contribution is 7.90. The van der Waals surface area contributed by atoms with Gasteiger partial charge in [-0.1, -0.05) is 17.7 Å². The van der Waals surface area contributed by atoms with Gasteiger partial charge < -0.3 is 10.1 Å². The Kier molecular flexibility index (Phi) is 6.45. The number of ether oxygens (including phenoxy) is 1. The fourth-order valence-electron chi connectivity index (χ4n) is 1.73. The Labute approximate surface area is 124 Å². The smallest absolute Gasteiger partial charge is 0.305 e. The predicted molar refractivity (Wildman–Crippen MR) is 77.5 cm³/mol. The van der Waals surface area contributed by atoms with E-state index in [2.05, 4.69) is 10.1 Å².